The molecule has 2 heterocycles. The van der Waals surface area contributed by atoms with Crippen molar-refractivity contribution in [3.8, 4) is 27.9 Å². The molecule has 0 saturated heterocycles. The Hall–Kier alpha value is -6.84. The zero-order valence-electron chi connectivity index (χ0n) is 27.8. The number of furan rings is 1. The van der Waals surface area contributed by atoms with Crippen LogP contribution in [0.4, 0.5) is 17.1 Å². The summed E-state index contributed by atoms with van der Waals surface area (Å²) in [5.41, 5.74) is 13.2. The lowest BCUT2D eigenvalue weighted by atomic mass is 10.0. The van der Waals surface area contributed by atoms with Crippen molar-refractivity contribution in [2.24, 2.45) is 0 Å². The number of nitrogens with zero attached hydrogens (tertiary/aromatic N) is 2. The number of hydrogen-bond donors (Lipinski definition) is 0. The fraction of sp³-hybridized carbons (Fsp3) is 0. The number of rotatable bonds is 6. The summed E-state index contributed by atoms with van der Waals surface area (Å²) in [5.74, 6) is 0. The van der Waals surface area contributed by atoms with E-state index in [-0.39, 0.29) is 0 Å². The van der Waals surface area contributed by atoms with Crippen LogP contribution in [0.25, 0.3) is 71.7 Å². The summed E-state index contributed by atoms with van der Waals surface area (Å²) in [7, 11) is 0. The molecule has 10 aromatic rings. The zero-order valence-corrected chi connectivity index (χ0v) is 27.8. The average Bonchev–Trinajstić information content (AvgIpc) is 3.74. The van der Waals surface area contributed by atoms with Crippen LogP contribution in [-0.4, -0.2) is 4.57 Å². The minimum absolute atomic E-state index is 0.876. The van der Waals surface area contributed by atoms with Crippen molar-refractivity contribution in [3.63, 3.8) is 0 Å². The predicted octanol–water partition coefficient (Wildman–Crippen LogP) is 13.5. The minimum Gasteiger partial charge on any atom is -0.456 e. The van der Waals surface area contributed by atoms with Crippen molar-refractivity contribution >= 4 is 60.8 Å². The number of anilines is 3. The molecule has 0 spiro atoms. The van der Waals surface area contributed by atoms with Crippen molar-refractivity contribution in [3.05, 3.63) is 194 Å². The Kier molecular flexibility index (Phi) is 6.81. The van der Waals surface area contributed by atoms with Gasteiger partial charge in [-0.15, -0.1) is 0 Å². The number of aromatic nitrogens is 1. The van der Waals surface area contributed by atoms with Gasteiger partial charge in [0.05, 0.1) is 11.0 Å². The fourth-order valence-electron chi connectivity index (χ4n) is 7.56. The Morgan fingerprint density at radius 3 is 1.75 bits per heavy atom. The quantitative estimate of drug-likeness (QED) is 0.178. The van der Waals surface area contributed by atoms with Crippen molar-refractivity contribution in [2.45, 2.75) is 0 Å². The summed E-state index contributed by atoms with van der Waals surface area (Å²) in [6.07, 6.45) is 0. The molecule has 0 fully saturated rings. The number of hydrogen-bond acceptors (Lipinski definition) is 2. The molecule has 3 nitrogen and oxygen atoms in total. The monoisotopic (exact) mass is 652 g/mol. The van der Waals surface area contributed by atoms with E-state index in [1.165, 1.54) is 32.9 Å². The highest BCUT2D eigenvalue weighted by Gasteiger charge is 2.17. The van der Waals surface area contributed by atoms with Crippen LogP contribution in [0.15, 0.2) is 199 Å². The van der Waals surface area contributed by atoms with E-state index in [4.69, 9.17) is 4.42 Å². The molecule has 0 aliphatic rings. The fourth-order valence-corrected chi connectivity index (χ4v) is 7.56. The largest absolute Gasteiger partial charge is 0.456 e. The molecule has 0 amide bonds. The van der Waals surface area contributed by atoms with E-state index < -0.39 is 0 Å². The second kappa shape index (κ2) is 11.9. The number of fused-ring (bicyclic) bond motifs is 6. The maximum atomic E-state index is 6.32. The SMILES string of the molecule is c1ccc(-c2ccc(-n3c4ccccc4c4ccc(-c5cccc(N(c6ccccc6)c6ccc7c(c6)oc6ccccc67)c5)cc43)cc2)cc1. The Balaban J connectivity index is 1.10. The average molecular weight is 653 g/mol. The highest BCUT2D eigenvalue weighted by Crippen LogP contribution is 2.41. The first-order chi connectivity index (χ1) is 25.3. The lowest BCUT2D eigenvalue weighted by Crippen LogP contribution is -2.09. The Bertz CT molecular complexity index is 2850. The Morgan fingerprint density at radius 2 is 0.902 bits per heavy atom. The molecule has 0 aliphatic heterocycles. The third-order valence-electron chi connectivity index (χ3n) is 9.98. The normalized spacial score (nSPS) is 11.5. The summed E-state index contributed by atoms with van der Waals surface area (Å²) < 4.78 is 8.72. The first-order valence-corrected chi connectivity index (χ1v) is 17.3. The van der Waals surface area contributed by atoms with Gasteiger partial charge >= 0.3 is 0 Å². The van der Waals surface area contributed by atoms with E-state index >= 15 is 0 Å². The molecule has 0 bridgehead atoms. The summed E-state index contributed by atoms with van der Waals surface area (Å²) in [6, 6.07) is 69.2. The van der Waals surface area contributed by atoms with Gasteiger partial charge in [0, 0.05) is 50.4 Å². The summed E-state index contributed by atoms with van der Waals surface area (Å²) in [5, 5.41) is 4.74. The summed E-state index contributed by atoms with van der Waals surface area (Å²) in [6.45, 7) is 0. The molecular weight excluding hydrogens is 621 g/mol. The van der Waals surface area contributed by atoms with Crippen molar-refractivity contribution in [2.75, 3.05) is 4.90 Å². The van der Waals surface area contributed by atoms with E-state index in [9.17, 15) is 0 Å². The molecule has 240 valence electrons. The van der Waals surface area contributed by atoms with E-state index in [0.29, 0.717) is 0 Å². The highest BCUT2D eigenvalue weighted by atomic mass is 16.3. The summed E-state index contributed by atoms with van der Waals surface area (Å²) in [4.78, 5) is 2.31. The van der Waals surface area contributed by atoms with Gasteiger partial charge in [0.15, 0.2) is 0 Å². The zero-order chi connectivity index (χ0) is 33.7. The second-order valence-corrected chi connectivity index (χ2v) is 13.0. The standard InChI is InChI=1S/C48H32N2O/c1-3-12-33(13-4-1)34-22-25-38(26-23-34)50-45-20-9-7-18-41(45)42-28-24-36(31-46(42)50)35-14-11-17-39(30-35)49(37-15-5-2-6-16-37)40-27-29-44-43-19-8-10-21-47(43)51-48(44)32-40/h1-32H. The molecule has 2 aromatic heterocycles. The molecule has 8 aromatic carbocycles. The molecule has 0 unspecified atom stereocenters. The molecule has 0 saturated carbocycles. The summed E-state index contributed by atoms with van der Waals surface area (Å²) >= 11 is 0. The molecular formula is C48H32N2O. The lowest BCUT2D eigenvalue weighted by molar-refractivity contribution is 0.669. The van der Waals surface area contributed by atoms with Crippen molar-refractivity contribution < 1.29 is 4.42 Å². The maximum absolute atomic E-state index is 6.32. The highest BCUT2D eigenvalue weighted by molar-refractivity contribution is 6.10. The van der Waals surface area contributed by atoms with Gasteiger partial charge in [-0.25, -0.2) is 0 Å². The van der Waals surface area contributed by atoms with Gasteiger partial charge < -0.3 is 13.9 Å². The number of para-hydroxylation sites is 3. The molecule has 0 aliphatic carbocycles. The third kappa shape index (κ3) is 4.98. The van der Waals surface area contributed by atoms with Crippen molar-refractivity contribution in [1.82, 2.24) is 4.57 Å². The maximum Gasteiger partial charge on any atom is 0.137 e. The van der Waals surface area contributed by atoms with E-state index in [1.54, 1.807) is 0 Å². The second-order valence-electron chi connectivity index (χ2n) is 13.0. The van der Waals surface area contributed by atoms with Crippen LogP contribution >= 0.6 is 0 Å². The molecule has 3 heteroatoms. The third-order valence-corrected chi connectivity index (χ3v) is 9.98. The van der Waals surface area contributed by atoms with Gasteiger partial charge in [-0.3, -0.25) is 0 Å². The van der Waals surface area contributed by atoms with Crippen LogP contribution in [0.1, 0.15) is 0 Å². The van der Waals surface area contributed by atoms with Gasteiger partial charge in [-0.05, 0) is 89.0 Å². The van der Waals surface area contributed by atoms with Crippen LogP contribution in [0.5, 0.6) is 0 Å². The topological polar surface area (TPSA) is 21.3 Å². The van der Waals surface area contributed by atoms with Crippen LogP contribution in [0, 0.1) is 0 Å². The van der Waals surface area contributed by atoms with Gasteiger partial charge in [0.2, 0.25) is 0 Å². The van der Waals surface area contributed by atoms with Gasteiger partial charge in [0.1, 0.15) is 11.2 Å². The molecule has 0 radical (unpaired) electrons. The Labute approximate surface area is 295 Å². The van der Waals surface area contributed by atoms with Gasteiger partial charge in [0.25, 0.3) is 0 Å². The molecule has 51 heavy (non-hydrogen) atoms. The Morgan fingerprint density at radius 1 is 0.333 bits per heavy atom. The van der Waals surface area contributed by atoms with Crippen LogP contribution < -0.4 is 4.90 Å². The van der Waals surface area contributed by atoms with Crippen LogP contribution in [0.2, 0.25) is 0 Å². The molecule has 0 atom stereocenters. The lowest BCUT2D eigenvalue weighted by Gasteiger charge is -2.26. The van der Waals surface area contributed by atoms with E-state index in [1.807, 2.05) is 12.1 Å². The number of benzene rings is 8. The molecule has 10 rings (SSSR count). The smallest absolute Gasteiger partial charge is 0.137 e. The van der Waals surface area contributed by atoms with Crippen LogP contribution in [-0.2, 0) is 0 Å². The first kappa shape index (κ1) is 29.1. The van der Waals surface area contributed by atoms with Crippen LogP contribution in [0.3, 0.4) is 0 Å². The van der Waals surface area contributed by atoms with E-state index in [0.717, 1.165) is 55.8 Å². The molecule has 0 N–H and O–H groups in total. The first-order valence-electron chi connectivity index (χ1n) is 17.3. The van der Waals surface area contributed by atoms with Gasteiger partial charge in [-0.1, -0.05) is 121 Å². The minimum atomic E-state index is 0.876. The van der Waals surface area contributed by atoms with Gasteiger partial charge in [-0.2, -0.15) is 0 Å². The predicted molar refractivity (Wildman–Crippen MR) is 214 cm³/mol. The van der Waals surface area contributed by atoms with E-state index in [2.05, 4.69) is 191 Å². The van der Waals surface area contributed by atoms with Crippen molar-refractivity contribution in [1.29, 1.82) is 0 Å².